The summed E-state index contributed by atoms with van der Waals surface area (Å²) in [5.41, 5.74) is 5.70. The maximum Gasteiger partial charge on any atom is 0.313 e. The zero-order valence-electron chi connectivity index (χ0n) is 8.30. The number of carbonyl (C=O) groups is 1. The number of hydrogen-bond acceptors (Lipinski definition) is 5. The monoisotopic (exact) mass is 228 g/mol. The predicted octanol–water partition coefficient (Wildman–Crippen LogP) is 0.546. The quantitative estimate of drug-likeness (QED) is 0.731. The molecule has 7 heteroatoms. The molecule has 15 heavy (non-hydrogen) atoms. The Kier molecular flexibility index (Phi) is 2.34. The normalized spacial score (nSPS) is 17.7. The number of aliphatic carboxylic acids is 1. The van der Waals surface area contributed by atoms with Crippen molar-refractivity contribution in [3.05, 3.63) is 0 Å². The lowest BCUT2D eigenvalue weighted by atomic mass is 10.3. The Balaban J connectivity index is 2.20. The molecule has 0 atom stereocenters. The highest BCUT2D eigenvalue weighted by atomic mass is 32.2. The Bertz CT molecular complexity index is 399. The minimum Gasteiger partial charge on any atom is -0.481 e. The molecule has 2 rings (SSSR count). The van der Waals surface area contributed by atoms with Crippen molar-refractivity contribution in [2.45, 2.75) is 30.5 Å². The first-order valence-corrected chi connectivity index (χ1v) is 5.57. The van der Waals surface area contributed by atoms with E-state index in [0.29, 0.717) is 11.1 Å². The van der Waals surface area contributed by atoms with E-state index in [-0.39, 0.29) is 11.3 Å². The second kappa shape index (κ2) is 3.41. The molecule has 1 heterocycles. The van der Waals surface area contributed by atoms with Crippen LogP contribution in [-0.4, -0.2) is 31.6 Å². The fourth-order valence-electron chi connectivity index (χ4n) is 1.41. The summed E-state index contributed by atoms with van der Waals surface area (Å²) < 4.78 is 1.83. The van der Waals surface area contributed by atoms with Crippen molar-refractivity contribution < 1.29 is 9.90 Å². The number of thioether (sulfide) groups is 1. The molecule has 0 saturated heterocycles. The van der Waals surface area contributed by atoms with E-state index in [1.165, 1.54) is 0 Å². The lowest BCUT2D eigenvalue weighted by Crippen LogP contribution is -2.16. The van der Waals surface area contributed by atoms with Crippen LogP contribution in [0.1, 0.15) is 19.8 Å². The van der Waals surface area contributed by atoms with Gasteiger partial charge in [0.05, 0.1) is 5.75 Å². The number of nitrogens with two attached hydrogens (primary N) is 1. The second-order valence-electron chi connectivity index (χ2n) is 3.86. The summed E-state index contributed by atoms with van der Waals surface area (Å²) in [4.78, 5) is 10.4. The van der Waals surface area contributed by atoms with Gasteiger partial charge in [0, 0.05) is 5.54 Å². The number of carboxylic acid groups (broad SMARTS) is 1. The predicted molar refractivity (Wildman–Crippen MR) is 55.7 cm³/mol. The maximum absolute atomic E-state index is 10.4. The highest BCUT2D eigenvalue weighted by molar-refractivity contribution is 7.99. The topological polar surface area (TPSA) is 94.0 Å². The molecule has 1 aliphatic rings. The molecule has 1 fully saturated rings. The Hall–Kier alpha value is -1.24. The molecule has 3 N–H and O–H groups in total. The van der Waals surface area contributed by atoms with Gasteiger partial charge in [-0.2, -0.15) is 0 Å². The summed E-state index contributed by atoms with van der Waals surface area (Å²) in [6.45, 7) is 2.07. The standard InChI is InChI=1S/C8H12N4O2S/c1-8(2-3-8)12-6(9)10-11-7(12)15-4-5(13)14/h2-4H2,1H3,(H2,9,10)(H,13,14). The molecule has 6 nitrogen and oxygen atoms in total. The SMILES string of the molecule is CC1(n2c(N)nnc2SCC(=O)O)CC1. The minimum atomic E-state index is -0.867. The Morgan fingerprint density at radius 3 is 2.87 bits per heavy atom. The molecule has 0 spiro atoms. The highest BCUT2D eigenvalue weighted by Crippen LogP contribution is 2.46. The van der Waals surface area contributed by atoms with Crippen LogP contribution in [0.2, 0.25) is 0 Å². The average molecular weight is 228 g/mol. The summed E-state index contributed by atoms with van der Waals surface area (Å²) in [7, 11) is 0. The lowest BCUT2D eigenvalue weighted by molar-refractivity contribution is -0.133. The fourth-order valence-corrected chi connectivity index (χ4v) is 2.21. The van der Waals surface area contributed by atoms with Gasteiger partial charge in [-0.3, -0.25) is 9.36 Å². The number of rotatable bonds is 4. The first kappa shape index (κ1) is 10.3. The van der Waals surface area contributed by atoms with Crippen molar-refractivity contribution in [2.75, 3.05) is 11.5 Å². The van der Waals surface area contributed by atoms with E-state index < -0.39 is 5.97 Å². The van der Waals surface area contributed by atoms with E-state index in [1.54, 1.807) is 0 Å². The molecule has 0 aliphatic heterocycles. The van der Waals surface area contributed by atoms with Gasteiger partial charge in [-0.15, -0.1) is 10.2 Å². The molecule has 1 saturated carbocycles. The fraction of sp³-hybridized carbons (Fsp3) is 0.625. The van der Waals surface area contributed by atoms with Gasteiger partial charge in [0.2, 0.25) is 5.95 Å². The molecule has 82 valence electrons. The molecule has 1 aromatic heterocycles. The smallest absolute Gasteiger partial charge is 0.313 e. The maximum atomic E-state index is 10.4. The third kappa shape index (κ3) is 1.92. The van der Waals surface area contributed by atoms with Gasteiger partial charge in [-0.1, -0.05) is 11.8 Å². The molecule has 0 radical (unpaired) electrons. The van der Waals surface area contributed by atoms with Gasteiger partial charge in [0.1, 0.15) is 0 Å². The van der Waals surface area contributed by atoms with Crippen LogP contribution in [0.4, 0.5) is 5.95 Å². The van der Waals surface area contributed by atoms with Crippen LogP contribution in [-0.2, 0) is 10.3 Å². The number of nitrogen functional groups attached to an aromatic ring is 1. The third-order valence-electron chi connectivity index (χ3n) is 2.50. The van der Waals surface area contributed by atoms with E-state index in [1.807, 2.05) is 4.57 Å². The molecular formula is C8H12N4O2S. The van der Waals surface area contributed by atoms with Gasteiger partial charge in [-0.05, 0) is 19.8 Å². The molecule has 1 aliphatic carbocycles. The van der Waals surface area contributed by atoms with Crippen LogP contribution in [0.3, 0.4) is 0 Å². The lowest BCUT2D eigenvalue weighted by Gasteiger charge is -2.13. The zero-order valence-corrected chi connectivity index (χ0v) is 9.12. The summed E-state index contributed by atoms with van der Waals surface area (Å²) in [5.74, 6) is -0.522. The van der Waals surface area contributed by atoms with Crippen molar-refractivity contribution in [3.63, 3.8) is 0 Å². The molecule has 0 amide bonds. The Labute approximate surface area is 90.9 Å². The van der Waals surface area contributed by atoms with Crippen LogP contribution in [0, 0.1) is 0 Å². The van der Waals surface area contributed by atoms with Gasteiger partial charge in [-0.25, -0.2) is 0 Å². The first-order valence-electron chi connectivity index (χ1n) is 4.59. The number of carboxylic acids is 1. The summed E-state index contributed by atoms with van der Waals surface area (Å²) in [5, 5.41) is 16.8. The molecule has 0 unspecified atom stereocenters. The van der Waals surface area contributed by atoms with E-state index in [4.69, 9.17) is 10.8 Å². The molecule has 0 bridgehead atoms. The van der Waals surface area contributed by atoms with E-state index in [9.17, 15) is 4.79 Å². The van der Waals surface area contributed by atoms with Crippen molar-refractivity contribution in [1.82, 2.24) is 14.8 Å². The first-order chi connectivity index (χ1) is 7.03. The summed E-state index contributed by atoms with van der Waals surface area (Å²) in [6, 6.07) is 0. The van der Waals surface area contributed by atoms with Crippen LogP contribution in [0.25, 0.3) is 0 Å². The van der Waals surface area contributed by atoms with Crippen LogP contribution >= 0.6 is 11.8 Å². The van der Waals surface area contributed by atoms with Crippen LogP contribution in [0.15, 0.2) is 5.16 Å². The number of aromatic nitrogens is 3. The summed E-state index contributed by atoms with van der Waals surface area (Å²) in [6.07, 6.45) is 2.08. The third-order valence-corrected chi connectivity index (χ3v) is 3.41. The minimum absolute atomic E-state index is 0.00554. The number of hydrogen-bond donors (Lipinski definition) is 2. The van der Waals surface area contributed by atoms with Gasteiger partial charge < -0.3 is 10.8 Å². The number of anilines is 1. The highest BCUT2D eigenvalue weighted by Gasteiger charge is 2.42. The largest absolute Gasteiger partial charge is 0.481 e. The van der Waals surface area contributed by atoms with Crippen molar-refractivity contribution >= 4 is 23.7 Å². The van der Waals surface area contributed by atoms with Gasteiger partial charge in [0.25, 0.3) is 0 Å². The van der Waals surface area contributed by atoms with Crippen LogP contribution in [0.5, 0.6) is 0 Å². The Morgan fingerprint density at radius 1 is 1.67 bits per heavy atom. The Morgan fingerprint density at radius 2 is 2.33 bits per heavy atom. The summed E-state index contributed by atoms with van der Waals surface area (Å²) >= 11 is 1.15. The van der Waals surface area contributed by atoms with Crippen molar-refractivity contribution in [2.24, 2.45) is 0 Å². The number of nitrogens with zero attached hydrogens (tertiary/aromatic N) is 3. The van der Waals surface area contributed by atoms with Crippen molar-refractivity contribution in [3.8, 4) is 0 Å². The van der Waals surface area contributed by atoms with Gasteiger partial charge >= 0.3 is 5.97 Å². The van der Waals surface area contributed by atoms with E-state index in [2.05, 4.69) is 17.1 Å². The molecule has 0 aromatic carbocycles. The molecule has 1 aromatic rings. The average Bonchev–Trinajstić information content (AvgIpc) is 2.76. The van der Waals surface area contributed by atoms with Gasteiger partial charge in [0.15, 0.2) is 5.16 Å². The zero-order chi connectivity index (χ0) is 11.1. The van der Waals surface area contributed by atoms with E-state index in [0.717, 1.165) is 24.6 Å². The van der Waals surface area contributed by atoms with Crippen molar-refractivity contribution in [1.29, 1.82) is 0 Å². The van der Waals surface area contributed by atoms with E-state index >= 15 is 0 Å². The second-order valence-corrected chi connectivity index (χ2v) is 4.80. The molecular weight excluding hydrogens is 216 g/mol. The van der Waals surface area contributed by atoms with Crippen LogP contribution < -0.4 is 5.73 Å².